The van der Waals surface area contributed by atoms with Crippen molar-refractivity contribution in [1.29, 1.82) is 0 Å². The van der Waals surface area contributed by atoms with Crippen molar-refractivity contribution in [2.75, 3.05) is 0 Å². The van der Waals surface area contributed by atoms with Crippen LogP contribution in [0.25, 0.3) is 0 Å². The van der Waals surface area contributed by atoms with Crippen LogP contribution in [0.3, 0.4) is 0 Å². The molecule has 0 radical (unpaired) electrons. The fraction of sp³-hybridized carbons (Fsp3) is 0.368. The van der Waals surface area contributed by atoms with Crippen molar-refractivity contribution in [1.82, 2.24) is 0 Å². The summed E-state index contributed by atoms with van der Waals surface area (Å²) in [7, 11) is 0. The predicted molar refractivity (Wildman–Crippen MR) is 82.5 cm³/mol. The molecule has 1 saturated carbocycles. The summed E-state index contributed by atoms with van der Waals surface area (Å²) in [5, 5.41) is 0. The van der Waals surface area contributed by atoms with Crippen LogP contribution < -0.4 is 5.73 Å². The Morgan fingerprint density at radius 1 is 1.19 bits per heavy atom. The lowest BCUT2D eigenvalue weighted by Gasteiger charge is -2.15. The number of aryl methyl sites for hydroxylation is 2. The van der Waals surface area contributed by atoms with E-state index in [1.807, 2.05) is 13.0 Å². The van der Waals surface area contributed by atoms with Gasteiger partial charge in [0.15, 0.2) is 0 Å². The van der Waals surface area contributed by atoms with Gasteiger partial charge in [-0.3, -0.25) is 0 Å². The van der Waals surface area contributed by atoms with Gasteiger partial charge in [0.2, 0.25) is 0 Å². The third-order valence-electron chi connectivity index (χ3n) is 5.40. The van der Waals surface area contributed by atoms with E-state index in [1.165, 1.54) is 30.0 Å². The Morgan fingerprint density at radius 2 is 2.00 bits per heavy atom. The fourth-order valence-corrected chi connectivity index (χ4v) is 4.33. The second-order valence-electron chi connectivity index (χ2n) is 6.53. The zero-order valence-corrected chi connectivity index (χ0v) is 12.2. The van der Waals surface area contributed by atoms with Crippen LogP contribution in [-0.4, -0.2) is 0 Å². The predicted octanol–water partition coefficient (Wildman–Crippen LogP) is 4.11. The highest BCUT2D eigenvalue weighted by molar-refractivity contribution is 5.42. The summed E-state index contributed by atoms with van der Waals surface area (Å²) in [6.07, 6.45) is 2.41. The summed E-state index contributed by atoms with van der Waals surface area (Å²) in [6.45, 7) is 1.96. The SMILES string of the molecule is Cc1cc(F)ccc1C(N)C1C2CCc3ccccc3C21. The lowest BCUT2D eigenvalue weighted by atomic mass is 9.92. The van der Waals surface area contributed by atoms with Crippen molar-refractivity contribution < 1.29 is 4.39 Å². The molecule has 2 N–H and O–H groups in total. The standard InChI is InChI=1S/C19H20FN/c1-11-10-13(20)7-9-14(11)19(21)18-16-8-6-12-4-2-3-5-15(12)17(16)18/h2-5,7,9-10,16-19H,6,8,21H2,1H3. The molecule has 0 aliphatic heterocycles. The van der Waals surface area contributed by atoms with Crippen LogP contribution in [0.4, 0.5) is 4.39 Å². The summed E-state index contributed by atoms with van der Waals surface area (Å²) in [5.41, 5.74) is 11.6. The molecule has 0 heterocycles. The van der Waals surface area contributed by atoms with Crippen molar-refractivity contribution in [3.05, 3.63) is 70.5 Å². The number of benzene rings is 2. The van der Waals surface area contributed by atoms with E-state index in [4.69, 9.17) is 5.73 Å². The largest absolute Gasteiger partial charge is 0.324 e. The second-order valence-corrected chi connectivity index (χ2v) is 6.53. The van der Waals surface area contributed by atoms with E-state index in [9.17, 15) is 4.39 Å². The van der Waals surface area contributed by atoms with Gasteiger partial charge in [0.25, 0.3) is 0 Å². The normalized spacial score (nSPS) is 27.7. The van der Waals surface area contributed by atoms with Crippen LogP contribution in [0.2, 0.25) is 0 Å². The monoisotopic (exact) mass is 281 g/mol. The van der Waals surface area contributed by atoms with Gasteiger partial charge >= 0.3 is 0 Å². The number of hydrogen-bond donors (Lipinski definition) is 1. The van der Waals surface area contributed by atoms with Crippen LogP contribution in [-0.2, 0) is 6.42 Å². The number of rotatable bonds is 2. The van der Waals surface area contributed by atoms with Crippen LogP contribution in [0, 0.1) is 24.6 Å². The molecule has 2 aliphatic rings. The minimum atomic E-state index is -0.179. The molecular formula is C19H20FN. The Bertz CT molecular complexity index is 694. The van der Waals surface area contributed by atoms with E-state index >= 15 is 0 Å². The highest BCUT2D eigenvalue weighted by Gasteiger charge is 2.55. The van der Waals surface area contributed by atoms with Crippen LogP contribution in [0.5, 0.6) is 0 Å². The number of nitrogens with two attached hydrogens (primary N) is 1. The molecule has 21 heavy (non-hydrogen) atoms. The Hall–Kier alpha value is -1.67. The van der Waals surface area contributed by atoms with E-state index in [-0.39, 0.29) is 11.9 Å². The van der Waals surface area contributed by atoms with Gasteiger partial charge in [0, 0.05) is 6.04 Å². The van der Waals surface area contributed by atoms with Crippen molar-refractivity contribution in [2.45, 2.75) is 31.7 Å². The Morgan fingerprint density at radius 3 is 2.81 bits per heavy atom. The van der Waals surface area contributed by atoms with Gasteiger partial charge < -0.3 is 5.73 Å². The maximum atomic E-state index is 13.3. The van der Waals surface area contributed by atoms with Gasteiger partial charge in [-0.2, -0.15) is 0 Å². The molecule has 108 valence electrons. The smallest absolute Gasteiger partial charge is 0.123 e. The van der Waals surface area contributed by atoms with E-state index in [1.54, 1.807) is 6.07 Å². The minimum Gasteiger partial charge on any atom is -0.324 e. The molecular weight excluding hydrogens is 261 g/mol. The maximum Gasteiger partial charge on any atom is 0.123 e. The molecule has 2 aliphatic carbocycles. The molecule has 4 unspecified atom stereocenters. The average molecular weight is 281 g/mol. The highest BCUT2D eigenvalue weighted by atomic mass is 19.1. The van der Waals surface area contributed by atoms with Gasteiger partial charge in [-0.15, -0.1) is 0 Å². The van der Waals surface area contributed by atoms with E-state index in [2.05, 4.69) is 24.3 Å². The molecule has 0 aromatic heterocycles. The van der Waals surface area contributed by atoms with Crippen LogP contribution in [0.1, 0.15) is 40.6 Å². The Labute approximate surface area is 125 Å². The first-order valence-corrected chi connectivity index (χ1v) is 7.76. The average Bonchev–Trinajstić information content (AvgIpc) is 3.21. The molecule has 2 aromatic rings. The first-order chi connectivity index (χ1) is 10.2. The molecule has 2 aromatic carbocycles. The van der Waals surface area contributed by atoms with Gasteiger partial charge in [0.1, 0.15) is 5.82 Å². The van der Waals surface area contributed by atoms with E-state index < -0.39 is 0 Å². The summed E-state index contributed by atoms with van der Waals surface area (Å²) in [4.78, 5) is 0. The third kappa shape index (κ3) is 2.01. The lowest BCUT2D eigenvalue weighted by molar-refractivity contribution is 0.551. The Balaban J connectivity index is 1.65. The molecule has 4 rings (SSSR count). The first-order valence-electron chi connectivity index (χ1n) is 7.76. The van der Waals surface area contributed by atoms with E-state index in [0.29, 0.717) is 17.8 Å². The van der Waals surface area contributed by atoms with Crippen molar-refractivity contribution >= 4 is 0 Å². The number of halogens is 1. The highest BCUT2D eigenvalue weighted by Crippen LogP contribution is 2.63. The van der Waals surface area contributed by atoms with Gasteiger partial charge in [-0.05, 0) is 71.9 Å². The third-order valence-corrected chi connectivity index (χ3v) is 5.40. The Kier molecular flexibility index (Phi) is 2.90. The zero-order valence-electron chi connectivity index (χ0n) is 12.2. The zero-order chi connectivity index (χ0) is 14.6. The van der Waals surface area contributed by atoms with Crippen molar-refractivity contribution in [3.63, 3.8) is 0 Å². The number of hydrogen-bond acceptors (Lipinski definition) is 1. The molecule has 0 spiro atoms. The van der Waals surface area contributed by atoms with E-state index in [0.717, 1.165) is 11.1 Å². The summed E-state index contributed by atoms with van der Waals surface area (Å²) in [6, 6.07) is 13.8. The summed E-state index contributed by atoms with van der Waals surface area (Å²) < 4.78 is 13.3. The number of fused-ring (bicyclic) bond motifs is 3. The molecule has 1 fully saturated rings. The first kappa shape index (κ1) is 13.0. The molecule has 0 amide bonds. The maximum absolute atomic E-state index is 13.3. The fourth-order valence-electron chi connectivity index (χ4n) is 4.33. The topological polar surface area (TPSA) is 26.0 Å². The van der Waals surface area contributed by atoms with Gasteiger partial charge in [-0.1, -0.05) is 30.3 Å². The quantitative estimate of drug-likeness (QED) is 0.880. The molecule has 0 bridgehead atoms. The minimum absolute atomic E-state index is 0.0201. The van der Waals surface area contributed by atoms with Crippen LogP contribution >= 0.6 is 0 Å². The van der Waals surface area contributed by atoms with Gasteiger partial charge in [0.05, 0.1) is 0 Å². The molecule has 1 nitrogen and oxygen atoms in total. The van der Waals surface area contributed by atoms with Gasteiger partial charge in [-0.25, -0.2) is 4.39 Å². The summed E-state index contributed by atoms with van der Waals surface area (Å²) >= 11 is 0. The lowest BCUT2D eigenvalue weighted by Crippen LogP contribution is -2.15. The molecule has 0 saturated heterocycles. The second kappa shape index (κ2) is 4.67. The van der Waals surface area contributed by atoms with Crippen LogP contribution in [0.15, 0.2) is 42.5 Å². The van der Waals surface area contributed by atoms with Crippen molar-refractivity contribution in [2.24, 2.45) is 17.6 Å². The molecule has 2 heteroatoms. The molecule has 4 atom stereocenters. The summed E-state index contributed by atoms with van der Waals surface area (Å²) in [5.74, 6) is 1.65. The van der Waals surface area contributed by atoms with Crippen molar-refractivity contribution in [3.8, 4) is 0 Å².